The topological polar surface area (TPSA) is 15.3 Å². The third kappa shape index (κ3) is 5.92. The number of halogens is 3. The first-order chi connectivity index (χ1) is 9.33. The molecule has 0 aromatic heterocycles. The summed E-state index contributed by atoms with van der Waals surface area (Å²) >= 11 is 0. The van der Waals surface area contributed by atoms with E-state index in [1.165, 1.54) is 0 Å². The van der Waals surface area contributed by atoms with E-state index in [2.05, 4.69) is 12.2 Å². The zero-order valence-electron chi connectivity index (χ0n) is 12.2. The van der Waals surface area contributed by atoms with Gasteiger partial charge in [0, 0.05) is 19.1 Å². The Bertz CT molecular complexity index is 378. The van der Waals surface area contributed by atoms with Gasteiger partial charge in [-0.05, 0) is 25.6 Å². The molecule has 2 nitrogen and oxygen atoms in total. The standard InChI is InChI=1S/C15H23F3N2/c1-12(11-20(3)10-9-15(16,17)18)14(19-2)13-7-5-4-6-8-13/h4-8,12,14,19H,9-11H2,1-3H3. The van der Waals surface area contributed by atoms with Gasteiger partial charge in [0.25, 0.3) is 0 Å². The van der Waals surface area contributed by atoms with E-state index in [1.807, 2.05) is 37.4 Å². The molecule has 0 saturated carbocycles. The Morgan fingerprint density at radius 1 is 1.20 bits per heavy atom. The number of rotatable bonds is 7. The van der Waals surface area contributed by atoms with Crippen LogP contribution >= 0.6 is 0 Å². The van der Waals surface area contributed by atoms with Crippen molar-refractivity contribution in [3.63, 3.8) is 0 Å². The maximum atomic E-state index is 12.2. The molecule has 20 heavy (non-hydrogen) atoms. The fourth-order valence-corrected chi connectivity index (χ4v) is 2.45. The van der Waals surface area contributed by atoms with Crippen LogP contribution in [0.5, 0.6) is 0 Å². The monoisotopic (exact) mass is 288 g/mol. The predicted molar refractivity (Wildman–Crippen MR) is 75.6 cm³/mol. The van der Waals surface area contributed by atoms with E-state index in [0.717, 1.165) is 5.56 Å². The van der Waals surface area contributed by atoms with Crippen LogP contribution in [0.2, 0.25) is 0 Å². The Morgan fingerprint density at radius 3 is 2.30 bits per heavy atom. The summed E-state index contributed by atoms with van der Waals surface area (Å²) in [5.41, 5.74) is 1.16. The summed E-state index contributed by atoms with van der Waals surface area (Å²) in [7, 11) is 3.61. The first kappa shape index (κ1) is 17.0. The minimum absolute atomic E-state index is 0.0407. The molecule has 0 bridgehead atoms. The lowest BCUT2D eigenvalue weighted by molar-refractivity contribution is -0.137. The molecular weight excluding hydrogens is 265 g/mol. The van der Waals surface area contributed by atoms with Gasteiger partial charge in [0.1, 0.15) is 0 Å². The molecule has 1 N–H and O–H groups in total. The minimum Gasteiger partial charge on any atom is -0.313 e. The number of nitrogens with one attached hydrogen (secondary N) is 1. The Kier molecular flexibility index (Phi) is 6.49. The lowest BCUT2D eigenvalue weighted by Gasteiger charge is -2.28. The van der Waals surface area contributed by atoms with Crippen molar-refractivity contribution in [2.24, 2.45) is 5.92 Å². The van der Waals surface area contributed by atoms with E-state index in [-0.39, 0.29) is 18.5 Å². The largest absolute Gasteiger partial charge is 0.390 e. The number of hydrogen-bond acceptors (Lipinski definition) is 2. The van der Waals surface area contributed by atoms with Crippen LogP contribution in [0, 0.1) is 5.92 Å². The Morgan fingerprint density at radius 2 is 1.80 bits per heavy atom. The molecule has 0 aliphatic carbocycles. The summed E-state index contributed by atoms with van der Waals surface area (Å²) in [6.07, 6.45) is -4.84. The molecule has 114 valence electrons. The summed E-state index contributed by atoms with van der Waals surface area (Å²) in [5, 5.41) is 3.25. The van der Waals surface area contributed by atoms with Crippen LogP contribution < -0.4 is 5.32 Å². The van der Waals surface area contributed by atoms with Crippen molar-refractivity contribution >= 4 is 0 Å². The molecule has 1 aromatic carbocycles. The molecule has 2 atom stereocenters. The normalized spacial score (nSPS) is 15.3. The van der Waals surface area contributed by atoms with Crippen LogP contribution in [-0.4, -0.2) is 38.3 Å². The smallest absolute Gasteiger partial charge is 0.313 e. The summed E-state index contributed by atoms with van der Waals surface area (Å²) in [4.78, 5) is 1.74. The fraction of sp³-hybridized carbons (Fsp3) is 0.600. The first-order valence-corrected chi connectivity index (χ1v) is 6.81. The second-order valence-corrected chi connectivity index (χ2v) is 5.28. The second kappa shape index (κ2) is 7.64. The van der Waals surface area contributed by atoms with Crippen LogP contribution in [0.3, 0.4) is 0 Å². The molecule has 0 fully saturated rings. The van der Waals surface area contributed by atoms with Crippen molar-refractivity contribution in [1.82, 2.24) is 10.2 Å². The maximum Gasteiger partial charge on any atom is 0.390 e. The summed E-state index contributed by atoms with van der Waals surface area (Å²) in [5.74, 6) is 0.223. The minimum atomic E-state index is -4.08. The third-order valence-electron chi connectivity index (χ3n) is 3.42. The van der Waals surface area contributed by atoms with Crippen molar-refractivity contribution in [1.29, 1.82) is 0 Å². The van der Waals surface area contributed by atoms with Crippen molar-refractivity contribution < 1.29 is 13.2 Å². The second-order valence-electron chi connectivity index (χ2n) is 5.28. The van der Waals surface area contributed by atoms with Gasteiger partial charge in [-0.25, -0.2) is 0 Å². The molecule has 0 aliphatic heterocycles. The number of hydrogen-bond donors (Lipinski definition) is 1. The molecule has 0 aliphatic rings. The van der Waals surface area contributed by atoms with Gasteiger partial charge in [-0.15, -0.1) is 0 Å². The van der Waals surface area contributed by atoms with E-state index >= 15 is 0 Å². The lowest BCUT2D eigenvalue weighted by atomic mass is 9.94. The van der Waals surface area contributed by atoms with Crippen molar-refractivity contribution in [2.75, 3.05) is 27.2 Å². The van der Waals surface area contributed by atoms with Gasteiger partial charge in [-0.1, -0.05) is 37.3 Å². The van der Waals surface area contributed by atoms with Gasteiger partial charge in [-0.3, -0.25) is 0 Å². The van der Waals surface area contributed by atoms with Gasteiger partial charge in [0.15, 0.2) is 0 Å². The third-order valence-corrected chi connectivity index (χ3v) is 3.42. The van der Waals surface area contributed by atoms with Gasteiger partial charge in [0.2, 0.25) is 0 Å². The quantitative estimate of drug-likeness (QED) is 0.826. The van der Waals surface area contributed by atoms with E-state index < -0.39 is 12.6 Å². The van der Waals surface area contributed by atoms with Gasteiger partial charge in [0.05, 0.1) is 6.42 Å². The predicted octanol–water partition coefficient (Wildman–Crippen LogP) is 3.47. The van der Waals surface area contributed by atoms with E-state index in [4.69, 9.17) is 0 Å². The summed E-state index contributed by atoms with van der Waals surface area (Å²) in [6.45, 7) is 2.72. The van der Waals surface area contributed by atoms with Crippen molar-refractivity contribution in [3.8, 4) is 0 Å². The molecule has 0 heterocycles. The number of alkyl halides is 3. The maximum absolute atomic E-state index is 12.2. The molecule has 1 rings (SSSR count). The van der Waals surface area contributed by atoms with Gasteiger partial charge < -0.3 is 10.2 Å². The number of benzene rings is 1. The van der Waals surface area contributed by atoms with E-state index in [9.17, 15) is 13.2 Å². The zero-order valence-corrected chi connectivity index (χ0v) is 12.2. The average molecular weight is 288 g/mol. The molecule has 0 amide bonds. The highest BCUT2D eigenvalue weighted by Gasteiger charge is 2.27. The highest BCUT2D eigenvalue weighted by atomic mass is 19.4. The van der Waals surface area contributed by atoms with Crippen LogP contribution in [0.4, 0.5) is 13.2 Å². The van der Waals surface area contributed by atoms with Crippen molar-refractivity contribution in [3.05, 3.63) is 35.9 Å². The van der Waals surface area contributed by atoms with Gasteiger partial charge >= 0.3 is 6.18 Å². The molecule has 1 aromatic rings. The first-order valence-electron chi connectivity index (χ1n) is 6.81. The van der Waals surface area contributed by atoms with Crippen LogP contribution in [0.25, 0.3) is 0 Å². The highest BCUT2D eigenvalue weighted by molar-refractivity contribution is 5.19. The van der Waals surface area contributed by atoms with Crippen LogP contribution in [-0.2, 0) is 0 Å². The van der Waals surface area contributed by atoms with Crippen LogP contribution in [0.15, 0.2) is 30.3 Å². The highest BCUT2D eigenvalue weighted by Crippen LogP contribution is 2.23. The average Bonchev–Trinajstić information content (AvgIpc) is 2.38. The summed E-state index contributed by atoms with van der Waals surface area (Å²) in [6, 6.07) is 10.1. The molecule has 0 saturated heterocycles. The molecule has 5 heteroatoms. The fourth-order valence-electron chi connectivity index (χ4n) is 2.45. The zero-order chi connectivity index (χ0) is 15.2. The van der Waals surface area contributed by atoms with E-state index in [0.29, 0.717) is 6.54 Å². The molecule has 2 unspecified atom stereocenters. The lowest BCUT2D eigenvalue weighted by Crippen LogP contribution is -2.34. The Hall–Kier alpha value is -1.07. The van der Waals surface area contributed by atoms with E-state index in [1.54, 1.807) is 11.9 Å². The Balaban J connectivity index is 2.53. The SMILES string of the molecule is CNC(c1ccccc1)C(C)CN(C)CCC(F)(F)F. The molecule has 0 radical (unpaired) electrons. The van der Waals surface area contributed by atoms with Crippen LogP contribution in [0.1, 0.15) is 24.9 Å². The van der Waals surface area contributed by atoms with Crippen molar-refractivity contribution in [2.45, 2.75) is 25.6 Å². The molecular formula is C15H23F3N2. The summed E-state index contributed by atoms with van der Waals surface area (Å²) < 4.78 is 36.6. The Labute approximate surface area is 119 Å². The van der Waals surface area contributed by atoms with Gasteiger partial charge in [-0.2, -0.15) is 13.2 Å². The number of nitrogens with zero attached hydrogens (tertiary/aromatic N) is 1. The molecule has 0 spiro atoms.